The van der Waals surface area contributed by atoms with E-state index in [2.05, 4.69) is 23.8 Å². The highest BCUT2D eigenvalue weighted by molar-refractivity contribution is 8.02. The van der Waals surface area contributed by atoms with Gasteiger partial charge in [-0.3, -0.25) is 4.79 Å². The minimum atomic E-state index is -0.0475. The highest BCUT2D eigenvalue weighted by Gasteiger charge is 2.60. The summed E-state index contributed by atoms with van der Waals surface area (Å²) in [7, 11) is 2.09. The smallest absolute Gasteiger partial charge is 0.242 e. The number of carbonyl (C=O) groups is 1. The number of hydrogen-bond donors (Lipinski definition) is 0. The number of nitrogens with zero attached hydrogens (tertiary/aromatic N) is 2. The van der Waals surface area contributed by atoms with Gasteiger partial charge >= 0.3 is 0 Å². The lowest BCUT2D eigenvalue weighted by molar-refractivity contribution is -0.137. The first kappa shape index (κ1) is 9.04. The van der Waals surface area contributed by atoms with Gasteiger partial charge in [-0.2, -0.15) is 0 Å². The number of rotatable bonds is 0. The number of thioether (sulfide) groups is 1. The number of carbonyl (C=O) groups excluding carboxylic acids is 1. The fraction of sp³-hybridized carbons (Fsp3) is 0.900. The number of amides is 1. The van der Waals surface area contributed by atoms with Crippen LogP contribution >= 0.6 is 11.8 Å². The van der Waals surface area contributed by atoms with Crippen molar-refractivity contribution in [2.45, 2.75) is 35.9 Å². The molecule has 3 nitrogen and oxygen atoms in total. The van der Waals surface area contributed by atoms with Crippen LogP contribution in [0.2, 0.25) is 0 Å². The van der Waals surface area contributed by atoms with E-state index in [0.717, 1.165) is 13.1 Å². The van der Waals surface area contributed by atoms with Crippen molar-refractivity contribution in [3.8, 4) is 0 Å². The Labute approximate surface area is 88.8 Å². The largest absolute Gasteiger partial charge is 0.327 e. The molecule has 0 radical (unpaired) electrons. The van der Waals surface area contributed by atoms with Gasteiger partial charge < -0.3 is 9.80 Å². The molecule has 14 heavy (non-hydrogen) atoms. The molecule has 1 spiro atoms. The lowest BCUT2D eigenvalue weighted by atomic mass is 9.98. The summed E-state index contributed by atoms with van der Waals surface area (Å²) in [6.45, 7) is 4.09. The van der Waals surface area contributed by atoms with Crippen LogP contribution in [-0.4, -0.2) is 52.0 Å². The Morgan fingerprint density at radius 2 is 2.14 bits per heavy atom. The zero-order valence-electron chi connectivity index (χ0n) is 8.69. The van der Waals surface area contributed by atoms with Gasteiger partial charge in [0.15, 0.2) is 0 Å². The standard InChI is InChI=1S/C10H16N2OS/c1-7-3-4-8-12(7)9(13)10(14-8)5-11(2)6-10/h7-8H,3-6H2,1-2H3. The Morgan fingerprint density at radius 1 is 1.43 bits per heavy atom. The average Bonchev–Trinajstić information content (AvgIpc) is 2.54. The second-order valence-electron chi connectivity index (χ2n) is 4.88. The van der Waals surface area contributed by atoms with E-state index in [-0.39, 0.29) is 4.75 Å². The second-order valence-corrected chi connectivity index (χ2v) is 6.44. The van der Waals surface area contributed by atoms with Gasteiger partial charge in [0.05, 0.1) is 5.37 Å². The van der Waals surface area contributed by atoms with E-state index >= 15 is 0 Å². The van der Waals surface area contributed by atoms with E-state index in [1.54, 1.807) is 0 Å². The van der Waals surface area contributed by atoms with E-state index in [4.69, 9.17) is 0 Å². The van der Waals surface area contributed by atoms with E-state index in [1.807, 2.05) is 11.8 Å². The second kappa shape index (κ2) is 2.67. The highest BCUT2D eigenvalue weighted by Crippen LogP contribution is 2.51. The summed E-state index contributed by atoms with van der Waals surface area (Å²) < 4.78 is -0.0475. The molecule has 0 aromatic rings. The fourth-order valence-corrected chi connectivity index (χ4v) is 4.96. The van der Waals surface area contributed by atoms with Crippen molar-refractivity contribution in [3.63, 3.8) is 0 Å². The van der Waals surface area contributed by atoms with Crippen LogP contribution in [0.5, 0.6) is 0 Å². The fourth-order valence-electron chi connectivity index (χ4n) is 2.97. The van der Waals surface area contributed by atoms with Gasteiger partial charge in [0.2, 0.25) is 5.91 Å². The van der Waals surface area contributed by atoms with E-state index in [1.165, 1.54) is 12.8 Å². The van der Waals surface area contributed by atoms with Crippen LogP contribution in [0, 0.1) is 0 Å². The van der Waals surface area contributed by atoms with Crippen molar-refractivity contribution in [1.82, 2.24) is 9.80 Å². The van der Waals surface area contributed by atoms with E-state index in [0.29, 0.717) is 17.3 Å². The highest BCUT2D eigenvalue weighted by atomic mass is 32.2. The average molecular weight is 212 g/mol. The Hall–Kier alpha value is -0.220. The van der Waals surface area contributed by atoms with Crippen LogP contribution in [0.15, 0.2) is 0 Å². The molecule has 1 amide bonds. The molecule has 0 saturated carbocycles. The number of likely N-dealkylation sites (tertiary alicyclic amines) is 1. The Balaban J connectivity index is 1.85. The van der Waals surface area contributed by atoms with Gasteiger partial charge in [0.1, 0.15) is 4.75 Å². The third kappa shape index (κ3) is 0.959. The molecule has 2 unspecified atom stereocenters. The van der Waals surface area contributed by atoms with Gasteiger partial charge in [-0.05, 0) is 26.8 Å². The van der Waals surface area contributed by atoms with Crippen molar-refractivity contribution >= 4 is 17.7 Å². The van der Waals surface area contributed by atoms with Gasteiger partial charge in [0.25, 0.3) is 0 Å². The van der Waals surface area contributed by atoms with Crippen LogP contribution in [0.1, 0.15) is 19.8 Å². The van der Waals surface area contributed by atoms with Crippen molar-refractivity contribution < 1.29 is 4.79 Å². The molecule has 0 aliphatic carbocycles. The molecule has 2 atom stereocenters. The summed E-state index contributed by atoms with van der Waals surface area (Å²) in [5, 5.41) is 0.492. The molecule has 3 fully saturated rings. The normalized spacial score (nSPS) is 40.4. The van der Waals surface area contributed by atoms with E-state index < -0.39 is 0 Å². The molecule has 3 saturated heterocycles. The third-order valence-corrected chi connectivity index (χ3v) is 5.27. The van der Waals surface area contributed by atoms with Crippen molar-refractivity contribution in [3.05, 3.63) is 0 Å². The minimum Gasteiger partial charge on any atom is -0.327 e. The third-order valence-electron chi connectivity index (χ3n) is 3.65. The van der Waals surface area contributed by atoms with Crippen LogP contribution in [0.4, 0.5) is 0 Å². The monoisotopic (exact) mass is 212 g/mol. The molecule has 0 aromatic carbocycles. The van der Waals surface area contributed by atoms with E-state index in [9.17, 15) is 4.79 Å². The molecule has 0 N–H and O–H groups in total. The molecule has 0 bridgehead atoms. The topological polar surface area (TPSA) is 23.6 Å². The molecular weight excluding hydrogens is 196 g/mol. The summed E-state index contributed by atoms with van der Waals surface area (Å²) in [5.41, 5.74) is 0. The number of hydrogen-bond acceptors (Lipinski definition) is 3. The van der Waals surface area contributed by atoms with Gasteiger partial charge in [-0.1, -0.05) is 0 Å². The Morgan fingerprint density at radius 3 is 2.71 bits per heavy atom. The maximum absolute atomic E-state index is 12.2. The van der Waals surface area contributed by atoms with Crippen LogP contribution in [-0.2, 0) is 4.79 Å². The quantitative estimate of drug-likeness (QED) is 0.592. The maximum atomic E-state index is 12.2. The minimum absolute atomic E-state index is 0.0475. The molecule has 3 heterocycles. The van der Waals surface area contributed by atoms with Gasteiger partial charge in [-0.15, -0.1) is 11.8 Å². The van der Waals surface area contributed by atoms with Crippen LogP contribution < -0.4 is 0 Å². The van der Waals surface area contributed by atoms with Crippen LogP contribution in [0.25, 0.3) is 0 Å². The molecule has 3 aliphatic heterocycles. The van der Waals surface area contributed by atoms with Crippen LogP contribution in [0.3, 0.4) is 0 Å². The predicted molar refractivity (Wildman–Crippen MR) is 57.1 cm³/mol. The maximum Gasteiger partial charge on any atom is 0.242 e. The SMILES string of the molecule is CC1CCC2SC3(CN(C)C3)C(=O)N12. The summed E-state index contributed by atoms with van der Waals surface area (Å²) >= 11 is 1.92. The summed E-state index contributed by atoms with van der Waals surface area (Å²) in [4.78, 5) is 16.6. The zero-order valence-corrected chi connectivity index (χ0v) is 9.51. The molecule has 3 aliphatic rings. The first-order chi connectivity index (χ1) is 6.62. The summed E-state index contributed by atoms with van der Waals surface area (Å²) in [5.74, 6) is 0.413. The Bertz CT molecular complexity index is 288. The van der Waals surface area contributed by atoms with Crippen molar-refractivity contribution in [2.24, 2.45) is 0 Å². The summed E-state index contributed by atoms with van der Waals surface area (Å²) in [6, 6.07) is 0.477. The van der Waals surface area contributed by atoms with Gasteiger partial charge in [0, 0.05) is 19.1 Å². The van der Waals surface area contributed by atoms with Crippen molar-refractivity contribution in [1.29, 1.82) is 0 Å². The molecule has 0 aromatic heterocycles. The predicted octanol–water partition coefficient (Wildman–Crippen LogP) is 0.754. The zero-order chi connectivity index (χ0) is 9.92. The molecule has 78 valence electrons. The Kier molecular flexibility index (Phi) is 1.72. The number of fused-ring (bicyclic) bond motifs is 1. The lowest BCUT2D eigenvalue weighted by Crippen LogP contribution is -2.62. The lowest BCUT2D eigenvalue weighted by Gasteiger charge is -2.43. The molecule has 3 rings (SSSR count). The first-order valence-electron chi connectivity index (χ1n) is 5.31. The first-order valence-corrected chi connectivity index (χ1v) is 6.19. The molecule has 4 heteroatoms. The molecular formula is C10H16N2OS. The van der Waals surface area contributed by atoms with Gasteiger partial charge in [-0.25, -0.2) is 0 Å². The summed E-state index contributed by atoms with van der Waals surface area (Å²) in [6.07, 6.45) is 2.39. The van der Waals surface area contributed by atoms with Crippen molar-refractivity contribution in [2.75, 3.05) is 20.1 Å².